The lowest BCUT2D eigenvalue weighted by molar-refractivity contribution is -0.384. The molecule has 0 bridgehead atoms. The highest BCUT2D eigenvalue weighted by molar-refractivity contribution is 7.89. The van der Waals surface area contributed by atoms with E-state index >= 15 is 0 Å². The van der Waals surface area contributed by atoms with Gasteiger partial charge in [0.2, 0.25) is 15.9 Å². The molecule has 1 fully saturated rings. The van der Waals surface area contributed by atoms with E-state index in [9.17, 15) is 23.3 Å². The quantitative estimate of drug-likeness (QED) is 0.392. The SMILES string of the molecule is CN(C1CCCCC1)S(=O)(=O)c1ccc(NC(=O)C=Cc2ccc([N+](=O)[O-])cc2)cc1. The van der Waals surface area contributed by atoms with Crippen LogP contribution in [-0.4, -0.2) is 36.6 Å². The van der Waals surface area contributed by atoms with Crippen molar-refractivity contribution < 1.29 is 18.1 Å². The first-order valence-corrected chi connectivity index (χ1v) is 11.5. The topological polar surface area (TPSA) is 110 Å². The Morgan fingerprint density at radius 2 is 1.68 bits per heavy atom. The predicted molar refractivity (Wildman–Crippen MR) is 119 cm³/mol. The fraction of sp³-hybridized carbons (Fsp3) is 0.318. The Labute approximate surface area is 181 Å². The van der Waals surface area contributed by atoms with Crippen molar-refractivity contribution >= 4 is 33.4 Å². The van der Waals surface area contributed by atoms with Gasteiger partial charge in [0.1, 0.15) is 0 Å². The number of anilines is 1. The lowest BCUT2D eigenvalue weighted by Gasteiger charge is -2.30. The molecule has 1 saturated carbocycles. The molecule has 0 radical (unpaired) electrons. The highest BCUT2D eigenvalue weighted by Crippen LogP contribution is 2.27. The number of rotatable bonds is 7. The molecule has 1 amide bonds. The van der Waals surface area contributed by atoms with Crippen LogP contribution in [0.25, 0.3) is 6.08 Å². The third-order valence-corrected chi connectivity index (χ3v) is 7.34. The Hall–Kier alpha value is -3.04. The van der Waals surface area contributed by atoms with Gasteiger partial charge in [0.15, 0.2) is 0 Å². The molecule has 3 rings (SSSR count). The van der Waals surface area contributed by atoms with Gasteiger partial charge in [-0.3, -0.25) is 14.9 Å². The average molecular weight is 444 g/mol. The number of benzene rings is 2. The van der Waals surface area contributed by atoms with Crippen LogP contribution in [0.2, 0.25) is 0 Å². The molecule has 0 atom stereocenters. The van der Waals surface area contributed by atoms with Gasteiger partial charge in [-0.05, 0) is 60.9 Å². The van der Waals surface area contributed by atoms with Crippen molar-refractivity contribution in [2.75, 3.05) is 12.4 Å². The zero-order chi connectivity index (χ0) is 22.4. The van der Waals surface area contributed by atoms with Gasteiger partial charge in [0, 0.05) is 37.0 Å². The van der Waals surface area contributed by atoms with E-state index in [-0.39, 0.29) is 16.6 Å². The summed E-state index contributed by atoms with van der Waals surface area (Å²) in [5, 5.41) is 13.3. The van der Waals surface area contributed by atoms with Gasteiger partial charge in [0.25, 0.3) is 5.69 Å². The van der Waals surface area contributed by atoms with Gasteiger partial charge in [-0.1, -0.05) is 19.3 Å². The van der Waals surface area contributed by atoms with E-state index in [0.29, 0.717) is 11.3 Å². The van der Waals surface area contributed by atoms with E-state index in [1.807, 2.05) is 0 Å². The van der Waals surface area contributed by atoms with Gasteiger partial charge >= 0.3 is 0 Å². The minimum Gasteiger partial charge on any atom is -0.323 e. The first kappa shape index (κ1) is 22.6. The lowest BCUT2D eigenvalue weighted by Crippen LogP contribution is -2.38. The zero-order valence-electron chi connectivity index (χ0n) is 17.2. The Kier molecular flexibility index (Phi) is 7.19. The van der Waals surface area contributed by atoms with Crippen molar-refractivity contribution in [3.05, 3.63) is 70.3 Å². The molecule has 0 spiro atoms. The predicted octanol–water partition coefficient (Wildman–Crippen LogP) is 4.20. The van der Waals surface area contributed by atoms with E-state index in [1.165, 1.54) is 40.7 Å². The smallest absolute Gasteiger partial charge is 0.269 e. The molecule has 1 aliphatic carbocycles. The number of nitro benzene ring substituents is 1. The number of hydrogen-bond donors (Lipinski definition) is 1. The van der Waals surface area contributed by atoms with Crippen molar-refractivity contribution in [2.24, 2.45) is 0 Å². The summed E-state index contributed by atoms with van der Waals surface area (Å²) in [6.45, 7) is 0. The molecular weight excluding hydrogens is 418 g/mol. The molecule has 31 heavy (non-hydrogen) atoms. The van der Waals surface area contributed by atoms with Crippen LogP contribution in [0, 0.1) is 10.1 Å². The van der Waals surface area contributed by atoms with Crippen LogP contribution >= 0.6 is 0 Å². The van der Waals surface area contributed by atoms with E-state index in [0.717, 1.165) is 32.1 Å². The molecule has 8 nitrogen and oxygen atoms in total. The molecule has 1 N–H and O–H groups in total. The van der Waals surface area contributed by atoms with Crippen LogP contribution in [0.1, 0.15) is 37.7 Å². The largest absolute Gasteiger partial charge is 0.323 e. The number of non-ortho nitro benzene ring substituents is 1. The number of sulfonamides is 1. The average Bonchev–Trinajstić information content (AvgIpc) is 2.78. The highest BCUT2D eigenvalue weighted by Gasteiger charge is 2.28. The Bertz CT molecular complexity index is 1060. The van der Waals surface area contributed by atoms with Crippen molar-refractivity contribution in [1.82, 2.24) is 4.31 Å². The summed E-state index contributed by atoms with van der Waals surface area (Å²) < 4.78 is 27.2. The maximum Gasteiger partial charge on any atom is 0.269 e. The molecule has 9 heteroatoms. The summed E-state index contributed by atoms with van der Waals surface area (Å²) in [6.07, 6.45) is 7.85. The molecule has 0 aliphatic heterocycles. The number of nitrogens with zero attached hydrogens (tertiary/aromatic N) is 2. The van der Waals surface area contributed by atoms with Crippen LogP contribution in [-0.2, 0) is 14.8 Å². The van der Waals surface area contributed by atoms with Crippen LogP contribution < -0.4 is 5.32 Å². The monoisotopic (exact) mass is 443 g/mol. The Morgan fingerprint density at radius 3 is 2.26 bits per heavy atom. The van der Waals surface area contributed by atoms with Crippen molar-refractivity contribution in [1.29, 1.82) is 0 Å². The van der Waals surface area contributed by atoms with Crippen LogP contribution in [0.15, 0.2) is 59.5 Å². The molecule has 2 aromatic carbocycles. The molecule has 0 heterocycles. The van der Waals surface area contributed by atoms with Crippen LogP contribution in [0.4, 0.5) is 11.4 Å². The highest BCUT2D eigenvalue weighted by atomic mass is 32.2. The second-order valence-electron chi connectivity index (χ2n) is 7.51. The number of nitrogens with one attached hydrogen (secondary N) is 1. The summed E-state index contributed by atoms with van der Waals surface area (Å²) in [6, 6.07) is 11.9. The number of amides is 1. The van der Waals surface area contributed by atoms with E-state index in [2.05, 4.69) is 5.32 Å². The number of nitro groups is 1. The second-order valence-corrected chi connectivity index (χ2v) is 9.51. The Morgan fingerprint density at radius 1 is 1.06 bits per heavy atom. The van der Waals surface area contributed by atoms with E-state index in [4.69, 9.17) is 0 Å². The van der Waals surface area contributed by atoms with Crippen molar-refractivity contribution in [3.63, 3.8) is 0 Å². The number of hydrogen-bond acceptors (Lipinski definition) is 5. The second kappa shape index (κ2) is 9.84. The standard InChI is InChI=1S/C22H25N3O5S/c1-24(19-5-3-2-4-6-19)31(29,30)21-14-10-18(11-15-21)23-22(26)16-9-17-7-12-20(13-8-17)25(27)28/h7-16,19H,2-6H2,1H3,(H,23,26). The first-order chi connectivity index (χ1) is 14.8. The van der Waals surface area contributed by atoms with Crippen molar-refractivity contribution in [3.8, 4) is 0 Å². The van der Waals surface area contributed by atoms with Gasteiger partial charge in [-0.25, -0.2) is 8.42 Å². The fourth-order valence-corrected chi connectivity index (χ4v) is 5.00. The molecule has 2 aromatic rings. The van der Waals surface area contributed by atoms with Gasteiger partial charge < -0.3 is 5.32 Å². The van der Waals surface area contributed by atoms with Gasteiger partial charge in [-0.2, -0.15) is 4.31 Å². The fourth-order valence-electron chi connectivity index (χ4n) is 3.58. The summed E-state index contributed by atoms with van der Waals surface area (Å²) in [7, 11) is -1.95. The van der Waals surface area contributed by atoms with Crippen molar-refractivity contribution in [2.45, 2.75) is 43.0 Å². The summed E-state index contributed by atoms with van der Waals surface area (Å²) >= 11 is 0. The van der Waals surface area contributed by atoms with Gasteiger partial charge in [0.05, 0.1) is 9.82 Å². The minimum atomic E-state index is -3.58. The van der Waals surface area contributed by atoms with Crippen LogP contribution in [0.5, 0.6) is 0 Å². The summed E-state index contributed by atoms with van der Waals surface area (Å²) in [4.78, 5) is 22.5. The molecule has 0 saturated heterocycles. The molecule has 0 unspecified atom stereocenters. The third kappa shape index (κ3) is 5.77. The molecule has 164 valence electrons. The maximum absolute atomic E-state index is 12.9. The first-order valence-electron chi connectivity index (χ1n) is 10.1. The lowest BCUT2D eigenvalue weighted by atomic mass is 9.96. The number of carbonyl (C=O) groups excluding carboxylic acids is 1. The number of carbonyl (C=O) groups is 1. The Balaban J connectivity index is 1.61. The summed E-state index contributed by atoms with van der Waals surface area (Å²) in [5.41, 5.74) is 1.09. The van der Waals surface area contributed by atoms with E-state index < -0.39 is 20.9 Å². The minimum absolute atomic E-state index is 0.0224. The molecular formula is C22H25N3O5S. The maximum atomic E-state index is 12.9. The molecule has 0 aromatic heterocycles. The summed E-state index contributed by atoms with van der Waals surface area (Å²) in [5.74, 6) is -0.395. The normalized spacial score (nSPS) is 15.3. The van der Waals surface area contributed by atoms with Gasteiger partial charge in [-0.15, -0.1) is 0 Å². The van der Waals surface area contributed by atoms with E-state index in [1.54, 1.807) is 31.3 Å². The van der Waals surface area contributed by atoms with Crippen LogP contribution in [0.3, 0.4) is 0 Å². The zero-order valence-corrected chi connectivity index (χ0v) is 18.0. The molecule has 1 aliphatic rings. The third-order valence-electron chi connectivity index (χ3n) is 5.42.